The number of aryl methyl sites for hydroxylation is 2. The molecule has 4 rings (SSSR count). The van der Waals surface area contributed by atoms with E-state index in [9.17, 15) is 18.0 Å². The van der Waals surface area contributed by atoms with Gasteiger partial charge < -0.3 is 10.1 Å². The van der Waals surface area contributed by atoms with Crippen molar-refractivity contribution in [1.82, 2.24) is 0 Å². The van der Waals surface area contributed by atoms with E-state index in [-0.39, 0.29) is 4.90 Å². The third-order valence-corrected chi connectivity index (χ3v) is 8.82. The molecule has 0 bridgehead atoms. The van der Waals surface area contributed by atoms with Crippen molar-refractivity contribution < 1.29 is 22.7 Å². The highest BCUT2D eigenvalue weighted by Gasteiger charge is 2.30. The van der Waals surface area contributed by atoms with Gasteiger partial charge in [-0.25, -0.2) is 13.2 Å². The predicted molar refractivity (Wildman–Crippen MR) is 133 cm³/mol. The largest absolute Gasteiger partial charge is 0.465 e. The standard InChI is InChI=1S/C24H23ClN2O5S2/c1-15-6-10-17(11-7-15)27(34(30,31)18-12-8-16(25)9-13-18)14-21(28)26-23-22(24(29)32-2)19-4-3-5-20(19)33-23/h6-13H,3-5,14H2,1-2H3,(H,26,28). The zero-order valence-electron chi connectivity index (χ0n) is 18.6. The molecule has 1 aromatic heterocycles. The number of hydrogen-bond donors (Lipinski definition) is 1. The number of thiophene rings is 1. The molecule has 0 radical (unpaired) electrons. The molecule has 0 unspecified atom stereocenters. The lowest BCUT2D eigenvalue weighted by Crippen LogP contribution is -2.38. The Morgan fingerprint density at radius 1 is 1.09 bits per heavy atom. The third-order valence-electron chi connectivity index (χ3n) is 5.57. The van der Waals surface area contributed by atoms with Crippen LogP contribution < -0.4 is 9.62 Å². The topological polar surface area (TPSA) is 92.8 Å². The van der Waals surface area contributed by atoms with Gasteiger partial charge in [0.25, 0.3) is 10.0 Å². The summed E-state index contributed by atoms with van der Waals surface area (Å²) in [5.74, 6) is -1.08. The Labute approximate surface area is 207 Å². The van der Waals surface area contributed by atoms with Gasteiger partial charge in [0.05, 0.1) is 23.3 Å². The van der Waals surface area contributed by atoms with Gasteiger partial charge in [0.15, 0.2) is 0 Å². The van der Waals surface area contributed by atoms with Crippen LogP contribution in [0.15, 0.2) is 53.4 Å². The van der Waals surface area contributed by atoms with Crippen molar-refractivity contribution in [2.45, 2.75) is 31.1 Å². The zero-order valence-corrected chi connectivity index (χ0v) is 21.0. The van der Waals surface area contributed by atoms with E-state index in [1.807, 2.05) is 6.92 Å². The Balaban J connectivity index is 1.66. The number of nitrogens with zero attached hydrogens (tertiary/aromatic N) is 1. The van der Waals surface area contributed by atoms with E-state index < -0.39 is 28.4 Å². The monoisotopic (exact) mass is 518 g/mol. The highest BCUT2D eigenvalue weighted by atomic mass is 35.5. The average molecular weight is 519 g/mol. The Morgan fingerprint density at radius 2 is 1.76 bits per heavy atom. The summed E-state index contributed by atoms with van der Waals surface area (Å²) in [5.41, 5.74) is 2.55. The number of hydrogen-bond acceptors (Lipinski definition) is 6. The van der Waals surface area contributed by atoms with Crippen molar-refractivity contribution in [3.05, 3.63) is 75.1 Å². The lowest BCUT2D eigenvalue weighted by Gasteiger charge is -2.24. The van der Waals surface area contributed by atoms with Gasteiger partial charge in [-0.15, -0.1) is 11.3 Å². The zero-order chi connectivity index (χ0) is 24.5. The van der Waals surface area contributed by atoms with Crippen LogP contribution in [0.5, 0.6) is 0 Å². The third kappa shape index (κ3) is 4.82. The second-order valence-corrected chi connectivity index (χ2v) is 11.3. The van der Waals surface area contributed by atoms with Gasteiger partial charge in [-0.1, -0.05) is 29.3 Å². The first-order chi connectivity index (χ1) is 16.2. The van der Waals surface area contributed by atoms with Crippen LogP contribution in [0, 0.1) is 6.92 Å². The van der Waals surface area contributed by atoms with Crippen molar-refractivity contribution in [2.75, 3.05) is 23.3 Å². The van der Waals surface area contributed by atoms with Crippen molar-refractivity contribution in [1.29, 1.82) is 0 Å². The maximum Gasteiger partial charge on any atom is 0.341 e. The number of nitrogens with one attached hydrogen (secondary N) is 1. The van der Waals surface area contributed by atoms with Gasteiger partial charge in [0, 0.05) is 9.90 Å². The number of carbonyl (C=O) groups is 2. The van der Waals surface area contributed by atoms with Crippen LogP contribution in [0.4, 0.5) is 10.7 Å². The van der Waals surface area contributed by atoms with E-state index in [4.69, 9.17) is 16.3 Å². The van der Waals surface area contributed by atoms with Crippen LogP contribution in [0.2, 0.25) is 5.02 Å². The van der Waals surface area contributed by atoms with Gasteiger partial charge in [-0.3, -0.25) is 9.10 Å². The number of ether oxygens (including phenoxy) is 1. The lowest BCUT2D eigenvalue weighted by molar-refractivity contribution is -0.114. The fraction of sp³-hybridized carbons (Fsp3) is 0.250. The van der Waals surface area contributed by atoms with Crippen LogP contribution in [-0.4, -0.2) is 33.9 Å². The molecule has 1 N–H and O–H groups in total. The summed E-state index contributed by atoms with van der Waals surface area (Å²) in [6, 6.07) is 12.6. The van der Waals surface area contributed by atoms with Crippen LogP contribution in [0.25, 0.3) is 0 Å². The molecular formula is C24H23ClN2O5S2. The summed E-state index contributed by atoms with van der Waals surface area (Å²) in [4.78, 5) is 26.6. The number of rotatable bonds is 7. The minimum Gasteiger partial charge on any atom is -0.465 e. The summed E-state index contributed by atoms with van der Waals surface area (Å²) in [5, 5.41) is 3.54. The van der Waals surface area contributed by atoms with E-state index in [0.717, 1.165) is 39.6 Å². The minimum atomic E-state index is -4.07. The number of sulfonamides is 1. The summed E-state index contributed by atoms with van der Waals surface area (Å²) < 4.78 is 32.9. The number of carbonyl (C=O) groups excluding carboxylic acids is 2. The Bertz CT molecular complexity index is 1330. The first kappa shape index (κ1) is 24.3. The average Bonchev–Trinajstić information content (AvgIpc) is 3.39. The molecule has 7 nitrogen and oxygen atoms in total. The van der Waals surface area contributed by atoms with Crippen molar-refractivity contribution in [3.63, 3.8) is 0 Å². The van der Waals surface area contributed by atoms with Crippen LogP contribution in [0.3, 0.4) is 0 Å². The molecule has 34 heavy (non-hydrogen) atoms. The van der Waals surface area contributed by atoms with Gasteiger partial charge in [-0.05, 0) is 68.1 Å². The number of halogens is 1. The predicted octanol–water partition coefficient (Wildman–Crippen LogP) is 4.82. The summed E-state index contributed by atoms with van der Waals surface area (Å²) in [7, 11) is -2.78. The van der Waals surface area contributed by atoms with Gasteiger partial charge in [-0.2, -0.15) is 0 Å². The molecule has 0 aliphatic heterocycles. The minimum absolute atomic E-state index is 0.00984. The van der Waals surface area contributed by atoms with E-state index >= 15 is 0 Å². The van der Waals surface area contributed by atoms with Crippen LogP contribution >= 0.6 is 22.9 Å². The van der Waals surface area contributed by atoms with E-state index in [1.54, 1.807) is 24.3 Å². The molecule has 178 valence electrons. The molecule has 1 heterocycles. The highest BCUT2D eigenvalue weighted by Crippen LogP contribution is 2.39. The normalized spacial score (nSPS) is 12.8. The molecular weight excluding hydrogens is 496 g/mol. The quantitative estimate of drug-likeness (QED) is 0.453. The molecule has 0 saturated carbocycles. The fourth-order valence-electron chi connectivity index (χ4n) is 3.87. The highest BCUT2D eigenvalue weighted by molar-refractivity contribution is 7.92. The van der Waals surface area contributed by atoms with Gasteiger partial charge in [0.1, 0.15) is 11.5 Å². The summed E-state index contributed by atoms with van der Waals surface area (Å²) in [6.07, 6.45) is 2.52. The molecule has 1 amide bonds. The molecule has 0 spiro atoms. The number of anilines is 2. The van der Waals surface area contributed by atoms with Crippen LogP contribution in [0.1, 0.15) is 32.8 Å². The maximum atomic E-state index is 13.5. The smallest absolute Gasteiger partial charge is 0.341 e. The first-order valence-electron chi connectivity index (χ1n) is 10.6. The number of amides is 1. The molecule has 0 saturated heterocycles. The fourth-order valence-corrected chi connectivity index (χ4v) is 6.71. The molecule has 0 fully saturated rings. The summed E-state index contributed by atoms with van der Waals surface area (Å²) >= 11 is 7.26. The second-order valence-electron chi connectivity index (χ2n) is 7.90. The van der Waals surface area contributed by atoms with Crippen molar-refractivity contribution >= 4 is 55.5 Å². The van der Waals surface area contributed by atoms with Crippen molar-refractivity contribution in [2.24, 2.45) is 0 Å². The number of benzene rings is 2. The van der Waals surface area contributed by atoms with Gasteiger partial charge in [0.2, 0.25) is 5.91 Å². The number of esters is 1. The second kappa shape index (κ2) is 9.77. The summed E-state index contributed by atoms with van der Waals surface area (Å²) in [6.45, 7) is 1.41. The maximum absolute atomic E-state index is 13.5. The molecule has 10 heteroatoms. The lowest BCUT2D eigenvalue weighted by atomic mass is 10.1. The molecule has 2 aromatic carbocycles. The van der Waals surface area contributed by atoms with Crippen molar-refractivity contribution in [3.8, 4) is 0 Å². The Hall–Kier alpha value is -2.88. The number of fused-ring (bicyclic) bond motifs is 1. The van der Waals surface area contributed by atoms with E-state index in [1.165, 1.54) is 42.7 Å². The molecule has 3 aromatic rings. The first-order valence-corrected chi connectivity index (χ1v) is 13.2. The van der Waals surface area contributed by atoms with E-state index in [0.29, 0.717) is 21.3 Å². The van der Waals surface area contributed by atoms with Crippen LogP contribution in [-0.2, 0) is 32.4 Å². The van der Waals surface area contributed by atoms with Gasteiger partial charge >= 0.3 is 5.97 Å². The molecule has 1 aliphatic rings. The molecule has 0 atom stereocenters. The molecule has 1 aliphatic carbocycles. The Kier molecular flexibility index (Phi) is 6.97. The van der Waals surface area contributed by atoms with E-state index in [2.05, 4.69) is 5.32 Å². The SMILES string of the molecule is COC(=O)c1c(NC(=O)CN(c2ccc(C)cc2)S(=O)(=O)c2ccc(Cl)cc2)sc2c1CCC2. The Morgan fingerprint density at radius 3 is 2.41 bits per heavy atom. The number of methoxy groups -OCH3 is 1.